The molecule has 2 heterocycles. The number of rotatable bonds is 3. The lowest BCUT2D eigenvalue weighted by molar-refractivity contribution is 0.195. The van der Waals surface area contributed by atoms with Crippen molar-refractivity contribution >= 4 is 15.9 Å². The zero-order chi connectivity index (χ0) is 17.9. The smallest absolute Gasteiger partial charge is 0.317 e. The van der Waals surface area contributed by atoms with Crippen LogP contribution in [0.4, 0.5) is 4.79 Å². The summed E-state index contributed by atoms with van der Waals surface area (Å²) < 4.78 is 24.7. The van der Waals surface area contributed by atoms with E-state index in [4.69, 9.17) is 0 Å². The number of nitrogens with one attached hydrogen (secondary N) is 1. The summed E-state index contributed by atoms with van der Waals surface area (Å²) in [7, 11) is -3.35. The van der Waals surface area contributed by atoms with Crippen molar-refractivity contribution in [2.45, 2.75) is 30.8 Å². The zero-order valence-corrected chi connectivity index (χ0v) is 14.9. The molecule has 0 fully saturated rings. The summed E-state index contributed by atoms with van der Waals surface area (Å²) in [6.07, 6.45) is 4.14. The van der Waals surface area contributed by atoms with E-state index in [9.17, 15) is 13.2 Å². The first-order chi connectivity index (χ1) is 12.0. The van der Waals surface area contributed by atoms with Gasteiger partial charge in [-0.2, -0.15) is 0 Å². The highest BCUT2D eigenvalue weighted by Gasteiger charge is 2.27. The number of carbonyl (C=O) groups excluding carboxylic acids is 1. The Kier molecular flexibility index (Phi) is 5.03. The lowest BCUT2D eigenvalue weighted by atomic mass is 10.1. The highest BCUT2D eigenvalue weighted by Crippen LogP contribution is 2.22. The first-order valence-electron chi connectivity index (χ1n) is 8.21. The number of hydrogen-bond donors (Lipinski definition) is 1. The van der Waals surface area contributed by atoms with Crippen LogP contribution < -0.4 is 5.32 Å². The highest BCUT2D eigenvalue weighted by molar-refractivity contribution is 7.91. The molecule has 1 aliphatic heterocycles. The standard InChI is InChI=1S/C18H21N3O3S/c1-14(12-15-6-8-19-9-7-15)20-18(22)21-10-11-25(23,24)17-5-3-2-4-16(17)13-21/h2-9,14H,10-13H2,1H3,(H,20,22). The molecule has 1 aromatic heterocycles. The topological polar surface area (TPSA) is 79.4 Å². The summed E-state index contributed by atoms with van der Waals surface area (Å²) in [5.74, 6) is -0.0594. The molecule has 0 spiro atoms. The summed E-state index contributed by atoms with van der Waals surface area (Å²) in [4.78, 5) is 18.5. The first-order valence-corrected chi connectivity index (χ1v) is 9.86. The summed E-state index contributed by atoms with van der Waals surface area (Å²) in [6, 6.07) is 10.4. The van der Waals surface area contributed by atoms with Crippen LogP contribution in [0.3, 0.4) is 0 Å². The van der Waals surface area contributed by atoms with Gasteiger partial charge in [0.2, 0.25) is 0 Å². The minimum Gasteiger partial charge on any atom is -0.335 e. The fourth-order valence-electron chi connectivity index (χ4n) is 2.96. The van der Waals surface area contributed by atoms with Crippen LogP contribution in [-0.4, -0.2) is 42.7 Å². The fraction of sp³-hybridized carbons (Fsp3) is 0.333. The second-order valence-corrected chi connectivity index (χ2v) is 8.34. The van der Waals surface area contributed by atoms with E-state index in [-0.39, 0.29) is 24.4 Å². The third-order valence-electron chi connectivity index (χ3n) is 4.25. The van der Waals surface area contributed by atoms with Crippen LogP contribution >= 0.6 is 0 Å². The number of fused-ring (bicyclic) bond motifs is 1. The maximum Gasteiger partial charge on any atom is 0.317 e. The van der Waals surface area contributed by atoms with E-state index in [1.807, 2.05) is 19.1 Å². The van der Waals surface area contributed by atoms with Crippen molar-refractivity contribution in [3.63, 3.8) is 0 Å². The van der Waals surface area contributed by atoms with Gasteiger partial charge in [-0.25, -0.2) is 13.2 Å². The van der Waals surface area contributed by atoms with Gasteiger partial charge in [0, 0.05) is 31.5 Å². The van der Waals surface area contributed by atoms with Crippen LogP contribution in [0.1, 0.15) is 18.1 Å². The molecule has 0 radical (unpaired) electrons. The van der Waals surface area contributed by atoms with Crippen molar-refractivity contribution in [2.75, 3.05) is 12.3 Å². The molecule has 0 saturated heterocycles. The SMILES string of the molecule is CC(Cc1ccncc1)NC(=O)N1CCS(=O)(=O)c2ccccc2C1. The summed E-state index contributed by atoms with van der Waals surface area (Å²) in [6.45, 7) is 2.41. The molecule has 0 bridgehead atoms. The quantitative estimate of drug-likeness (QED) is 0.909. The van der Waals surface area contributed by atoms with Gasteiger partial charge in [-0.3, -0.25) is 4.98 Å². The van der Waals surface area contributed by atoms with E-state index in [0.717, 1.165) is 5.56 Å². The maximum absolute atomic E-state index is 12.6. The van der Waals surface area contributed by atoms with Crippen molar-refractivity contribution in [3.05, 3.63) is 59.9 Å². The molecule has 6 nitrogen and oxygen atoms in total. The van der Waals surface area contributed by atoms with E-state index in [0.29, 0.717) is 23.4 Å². The number of aromatic nitrogens is 1. The lowest BCUT2D eigenvalue weighted by Gasteiger charge is -2.23. The largest absolute Gasteiger partial charge is 0.335 e. The minimum absolute atomic E-state index is 0.0594. The molecule has 1 atom stereocenters. The van der Waals surface area contributed by atoms with Crippen molar-refractivity contribution in [2.24, 2.45) is 0 Å². The van der Waals surface area contributed by atoms with Crippen LogP contribution in [0.25, 0.3) is 0 Å². The third kappa shape index (κ3) is 4.17. The van der Waals surface area contributed by atoms with Gasteiger partial charge in [-0.15, -0.1) is 0 Å². The monoisotopic (exact) mass is 359 g/mol. The molecule has 0 aliphatic carbocycles. The lowest BCUT2D eigenvalue weighted by Crippen LogP contribution is -2.45. The van der Waals surface area contributed by atoms with Crippen LogP contribution in [0, 0.1) is 0 Å². The van der Waals surface area contributed by atoms with Crippen molar-refractivity contribution in [1.29, 1.82) is 0 Å². The van der Waals surface area contributed by atoms with Crippen LogP contribution in [-0.2, 0) is 22.8 Å². The summed E-state index contributed by atoms with van der Waals surface area (Å²) in [5, 5.41) is 2.96. The summed E-state index contributed by atoms with van der Waals surface area (Å²) >= 11 is 0. The van der Waals surface area contributed by atoms with Gasteiger partial charge in [0.1, 0.15) is 0 Å². The van der Waals surface area contributed by atoms with Crippen molar-refractivity contribution < 1.29 is 13.2 Å². The molecule has 25 heavy (non-hydrogen) atoms. The Hall–Kier alpha value is -2.41. The molecular weight excluding hydrogens is 338 g/mol. The molecule has 2 aromatic rings. The molecule has 2 amide bonds. The highest BCUT2D eigenvalue weighted by atomic mass is 32.2. The molecule has 0 saturated carbocycles. The minimum atomic E-state index is -3.35. The number of pyridine rings is 1. The average molecular weight is 359 g/mol. The Morgan fingerprint density at radius 3 is 2.72 bits per heavy atom. The van der Waals surface area contributed by atoms with Gasteiger partial charge < -0.3 is 10.2 Å². The second-order valence-electron chi connectivity index (χ2n) is 6.26. The number of sulfone groups is 1. The Labute approximate surface area is 147 Å². The van der Waals surface area contributed by atoms with Gasteiger partial charge in [-0.1, -0.05) is 18.2 Å². The third-order valence-corrected chi connectivity index (χ3v) is 6.04. The molecule has 1 aromatic carbocycles. The van der Waals surface area contributed by atoms with Gasteiger partial charge in [0.25, 0.3) is 0 Å². The van der Waals surface area contributed by atoms with E-state index < -0.39 is 9.84 Å². The van der Waals surface area contributed by atoms with Gasteiger partial charge in [-0.05, 0) is 42.7 Å². The Morgan fingerprint density at radius 2 is 1.96 bits per heavy atom. The molecule has 1 aliphatic rings. The van der Waals surface area contributed by atoms with Crippen molar-refractivity contribution in [3.8, 4) is 0 Å². The van der Waals surface area contributed by atoms with Crippen LogP contribution in [0.5, 0.6) is 0 Å². The summed E-state index contributed by atoms with van der Waals surface area (Å²) in [5.41, 5.74) is 1.75. The Balaban J connectivity index is 1.69. The maximum atomic E-state index is 12.6. The van der Waals surface area contributed by atoms with Gasteiger partial charge in [0.15, 0.2) is 9.84 Å². The number of carbonyl (C=O) groups is 1. The zero-order valence-electron chi connectivity index (χ0n) is 14.1. The number of nitrogens with zero attached hydrogens (tertiary/aromatic N) is 2. The van der Waals surface area contributed by atoms with Crippen LogP contribution in [0.2, 0.25) is 0 Å². The number of urea groups is 1. The first kappa shape index (κ1) is 17.4. The molecule has 3 rings (SSSR count). The second kappa shape index (κ2) is 7.23. The van der Waals surface area contributed by atoms with E-state index in [2.05, 4.69) is 10.3 Å². The molecular formula is C18H21N3O3S. The predicted octanol–water partition coefficient (Wildman–Crippen LogP) is 2.01. The van der Waals surface area contributed by atoms with E-state index in [1.54, 1.807) is 41.6 Å². The Morgan fingerprint density at radius 1 is 1.24 bits per heavy atom. The number of benzene rings is 1. The average Bonchev–Trinajstić information content (AvgIpc) is 2.72. The van der Waals surface area contributed by atoms with E-state index in [1.165, 1.54) is 0 Å². The molecule has 1 N–H and O–H groups in total. The predicted molar refractivity (Wildman–Crippen MR) is 94.8 cm³/mol. The molecule has 132 valence electrons. The Bertz CT molecular complexity index is 853. The number of amides is 2. The van der Waals surface area contributed by atoms with Crippen molar-refractivity contribution in [1.82, 2.24) is 15.2 Å². The van der Waals surface area contributed by atoms with Crippen LogP contribution in [0.15, 0.2) is 53.7 Å². The van der Waals surface area contributed by atoms with Gasteiger partial charge in [0.05, 0.1) is 10.6 Å². The van der Waals surface area contributed by atoms with E-state index >= 15 is 0 Å². The normalized spacial score (nSPS) is 17.2. The fourth-order valence-corrected chi connectivity index (χ4v) is 4.46. The molecule has 7 heteroatoms. The molecule has 1 unspecified atom stereocenters. The number of hydrogen-bond acceptors (Lipinski definition) is 4. The van der Waals surface area contributed by atoms with Gasteiger partial charge >= 0.3 is 6.03 Å².